The van der Waals surface area contributed by atoms with Gasteiger partial charge in [0.25, 0.3) is 10.0 Å². The van der Waals surface area contributed by atoms with Gasteiger partial charge in [-0.3, -0.25) is 4.79 Å². The number of nitrogens with zero attached hydrogens (tertiary/aromatic N) is 3. The van der Waals surface area contributed by atoms with Gasteiger partial charge < -0.3 is 13.8 Å². The first-order valence-corrected chi connectivity index (χ1v) is 14.5. The van der Waals surface area contributed by atoms with Crippen LogP contribution in [0.4, 0.5) is 5.88 Å². The SMILES string of the molecule is Cc1ccccc1CC(=O)N(C)Cc1cc(-c2ncco2)ccc1-c1ccccc1S(=O)(=O)Nc1onc(C)c1C. The van der Waals surface area contributed by atoms with Gasteiger partial charge in [-0.1, -0.05) is 53.7 Å². The number of aromatic nitrogens is 2. The van der Waals surface area contributed by atoms with Gasteiger partial charge in [-0.25, -0.2) is 18.1 Å². The number of nitrogens with one attached hydrogen (secondary N) is 1. The predicted molar refractivity (Wildman–Crippen MR) is 156 cm³/mol. The smallest absolute Gasteiger partial charge is 0.264 e. The zero-order chi connectivity index (χ0) is 29.1. The third-order valence-corrected chi connectivity index (χ3v) is 8.46. The van der Waals surface area contributed by atoms with Gasteiger partial charge in [0.05, 0.1) is 23.2 Å². The Balaban J connectivity index is 1.54. The molecule has 0 aliphatic heterocycles. The topological polar surface area (TPSA) is 119 Å². The van der Waals surface area contributed by atoms with Crippen LogP contribution in [0.25, 0.3) is 22.6 Å². The lowest BCUT2D eigenvalue weighted by Gasteiger charge is -2.21. The standard InChI is InChI=1S/C31H30N4O5S/c1-20-9-5-6-10-23(20)18-29(36)35(4)19-25-17-24(31-32-15-16-39-31)13-14-26(25)27-11-7-8-12-28(27)41(37,38)34-30-21(2)22(3)33-40-30/h5-17,34H,18-19H2,1-4H3. The number of sulfonamides is 1. The number of hydrogen-bond donors (Lipinski definition) is 1. The van der Waals surface area contributed by atoms with Crippen molar-refractivity contribution in [1.82, 2.24) is 15.0 Å². The summed E-state index contributed by atoms with van der Waals surface area (Å²) in [5.41, 5.74) is 5.78. The summed E-state index contributed by atoms with van der Waals surface area (Å²) in [7, 11) is -2.32. The average Bonchev–Trinajstić information content (AvgIpc) is 3.61. The molecule has 5 rings (SSSR count). The van der Waals surface area contributed by atoms with Crippen molar-refractivity contribution in [2.45, 2.75) is 38.6 Å². The highest BCUT2D eigenvalue weighted by Gasteiger charge is 2.25. The molecule has 0 unspecified atom stereocenters. The van der Waals surface area contributed by atoms with E-state index in [-0.39, 0.29) is 29.7 Å². The first kappa shape index (κ1) is 27.9. The van der Waals surface area contributed by atoms with Crippen LogP contribution in [-0.2, 0) is 27.8 Å². The molecular formula is C31H30N4O5S. The maximum absolute atomic E-state index is 13.6. The van der Waals surface area contributed by atoms with Crippen LogP contribution in [0.3, 0.4) is 0 Å². The summed E-state index contributed by atoms with van der Waals surface area (Å²) < 4.78 is 40.5. The van der Waals surface area contributed by atoms with Crippen LogP contribution in [0.5, 0.6) is 0 Å². The number of anilines is 1. The Morgan fingerprint density at radius 1 is 0.951 bits per heavy atom. The van der Waals surface area contributed by atoms with Gasteiger partial charge in [-0.05, 0) is 61.2 Å². The Kier molecular flexibility index (Phi) is 7.76. The minimum Gasteiger partial charge on any atom is -0.445 e. The summed E-state index contributed by atoms with van der Waals surface area (Å²) in [6, 6.07) is 20.0. The molecule has 2 aromatic heterocycles. The molecular weight excluding hydrogens is 540 g/mol. The van der Waals surface area contributed by atoms with E-state index in [0.29, 0.717) is 33.8 Å². The normalized spacial score (nSPS) is 11.4. The van der Waals surface area contributed by atoms with Crippen molar-refractivity contribution in [2.75, 3.05) is 11.8 Å². The van der Waals surface area contributed by atoms with Crippen LogP contribution in [0.15, 0.2) is 93.0 Å². The lowest BCUT2D eigenvalue weighted by atomic mass is 9.96. The number of hydrogen-bond acceptors (Lipinski definition) is 7. The first-order chi connectivity index (χ1) is 19.6. The number of oxazole rings is 1. The molecule has 41 heavy (non-hydrogen) atoms. The molecule has 1 amide bonds. The quantitative estimate of drug-likeness (QED) is 0.234. The van der Waals surface area contributed by atoms with E-state index in [0.717, 1.165) is 16.7 Å². The summed E-state index contributed by atoms with van der Waals surface area (Å²) in [6.07, 6.45) is 3.30. The highest BCUT2D eigenvalue weighted by molar-refractivity contribution is 7.92. The number of carbonyl (C=O) groups excluding carboxylic acids is 1. The fraction of sp³-hybridized carbons (Fsp3) is 0.194. The Morgan fingerprint density at radius 3 is 2.41 bits per heavy atom. The number of benzene rings is 3. The second-order valence-electron chi connectivity index (χ2n) is 9.89. The first-order valence-electron chi connectivity index (χ1n) is 13.0. The maximum Gasteiger partial charge on any atom is 0.264 e. The van der Waals surface area contributed by atoms with Gasteiger partial charge in [0.2, 0.25) is 17.7 Å². The highest BCUT2D eigenvalue weighted by atomic mass is 32.2. The second-order valence-corrected chi connectivity index (χ2v) is 11.5. The van der Waals surface area contributed by atoms with Gasteiger partial charge in [0.1, 0.15) is 6.26 Å². The number of carbonyl (C=O) groups is 1. The molecule has 210 valence electrons. The van der Waals surface area contributed by atoms with Crippen molar-refractivity contribution in [1.29, 1.82) is 0 Å². The van der Waals surface area contributed by atoms with Crippen LogP contribution in [0, 0.1) is 20.8 Å². The van der Waals surface area contributed by atoms with Crippen molar-refractivity contribution in [3.05, 3.63) is 107 Å². The van der Waals surface area contributed by atoms with E-state index < -0.39 is 10.0 Å². The van der Waals surface area contributed by atoms with E-state index in [1.54, 1.807) is 50.2 Å². The zero-order valence-corrected chi connectivity index (χ0v) is 24.0. The predicted octanol–water partition coefficient (Wildman–Crippen LogP) is 5.92. The number of rotatable bonds is 9. The van der Waals surface area contributed by atoms with E-state index >= 15 is 0 Å². The molecule has 10 heteroatoms. The van der Waals surface area contributed by atoms with E-state index in [1.807, 2.05) is 49.4 Å². The van der Waals surface area contributed by atoms with Gasteiger partial charge in [-0.15, -0.1) is 0 Å². The van der Waals surface area contributed by atoms with Crippen molar-refractivity contribution in [2.24, 2.45) is 0 Å². The van der Waals surface area contributed by atoms with Gasteiger partial charge in [0, 0.05) is 30.3 Å². The molecule has 0 aliphatic carbocycles. The fourth-order valence-electron chi connectivity index (χ4n) is 4.55. The fourth-order valence-corrected chi connectivity index (χ4v) is 5.82. The summed E-state index contributed by atoms with van der Waals surface area (Å²) in [5.74, 6) is 0.425. The third kappa shape index (κ3) is 5.92. The van der Waals surface area contributed by atoms with Crippen LogP contribution in [-0.4, -0.2) is 36.4 Å². The van der Waals surface area contributed by atoms with Crippen molar-refractivity contribution in [3.63, 3.8) is 0 Å². The zero-order valence-electron chi connectivity index (χ0n) is 23.2. The summed E-state index contributed by atoms with van der Waals surface area (Å²) >= 11 is 0. The van der Waals surface area contributed by atoms with Gasteiger partial charge in [0.15, 0.2) is 0 Å². The van der Waals surface area contributed by atoms with E-state index in [2.05, 4.69) is 14.9 Å². The summed E-state index contributed by atoms with van der Waals surface area (Å²) in [5, 5.41) is 3.85. The second kappa shape index (κ2) is 11.4. The van der Waals surface area contributed by atoms with Crippen molar-refractivity contribution >= 4 is 21.8 Å². The lowest BCUT2D eigenvalue weighted by Crippen LogP contribution is -2.28. The van der Waals surface area contributed by atoms with E-state index in [9.17, 15) is 13.2 Å². The molecule has 0 fully saturated rings. The Bertz CT molecular complexity index is 1810. The van der Waals surface area contributed by atoms with E-state index in [4.69, 9.17) is 8.94 Å². The van der Waals surface area contributed by atoms with Crippen molar-refractivity contribution in [3.8, 4) is 22.6 Å². The highest BCUT2D eigenvalue weighted by Crippen LogP contribution is 2.34. The van der Waals surface area contributed by atoms with Gasteiger partial charge >= 0.3 is 0 Å². The number of aryl methyl sites for hydroxylation is 2. The number of amides is 1. The van der Waals surface area contributed by atoms with E-state index in [1.165, 1.54) is 12.3 Å². The van der Waals surface area contributed by atoms with Crippen LogP contribution < -0.4 is 4.72 Å². The number of likely N-dealkylation sites (N-methyl/N-ethyl adjacent to an activating group) is 1. The molecule has 3 aromatic carbocycles. The Labute approximate surface area is 238 Å². The molecule has 2 heterocycles. The Morgan fingerprint density at radius 2 is 1.71 bits per heavy atom. The summed E-state index contributed by atoms with van der Waals surface area (Å²) in [4.78, 5) is 19.2. The Hall–Kier alpha value is -4.70. The van der Waals surface area contributed by atoms with Crippen molar-refractivity contribution < 1.29 is 22.2 Å². The van der Waals surface area contributed by atoms with Crippen LogP contribution in [0.1, 0.15) is 27.9 Å². The molecule has 1 N–H and O–H groups in total. The molecule has 0 spiro atoms. The molecule has 5 aromatic rings. The van der Waals surface area contributed by atoms with Gasteiger partial charge in [-0.2, -0.15) is 0 Å². The van der Waals surface area contributed by atoms with Crippen LogP contribution in [0.2, 0.25) is 0 Å². The van der Waals surface area contributed by atoms with Crippen LogP contribution >= 0.6 is 0 Å². The molecule has 0 saturated carbocycles. The lowest BCUT2D eigenvalue weighted by molar-refractivity contribution is -0.129. The molecule has 0 radical (unpaired) electrons. The monoisotopic (exact) mass is 570 g/mol. The molecule has 0 atom stereocenters. The third-order valence-electron chi connectivity index (χ3n) is 7.07. The molecule has 0 saturated heterocycles. The maximum atomic E-state index is 13.6. The summed E-state index contributed by atoms with van der Waals surface area (Å²) in [6.45, 7) is 5.69. The minimum atomic E-state index is -4.06. The molecule has 0 aliphatic rings. The molecule has 0 bridgehead atoms. The molecule has 9 nitrogen and oxygen atoms in total. The minimum absolute atomic E-state index is 0.0625. The largest absolute Gasteiger partial charge is 0.445 e. The average molecular weight is 571 g/mol.